The average Bonchev–Trinajstić information content (AvgIpc) is 2.90. The molecule has 0 aromatic heterocycles. The molecule has 10 heteroatoms. The number of carbonyl (C=O) groups is 2. The Labute approximate surface area is 245 Å². The van der Waals surface area contributed by atoms with Gasteiger partial charge in [-0.15, -0.1) is 0 Å². The van der Waals surface area contributed by atoms with Crippen molar-refractivity contribution >= 4 is 11.8 Å². The molecule has 236 valence electrons. The fourth-order valence-electron chi connectivity index (χ4n) is 6.02. The summed E-state index contributed by atoms with van der Waals surface area (Å²) in [5.41, 5.74) is 0.872. The molecule has 2 aliphatic rings. The minimum absolute atomic E-state index is 0.0794. The van der Waals surface area contributed by atoms with E-state index in [1.54, 1.807) is 45.0 Å². The minimum atomic E-state index is -1.22. The molecule has 1 saturated heterocycles. The normalized spacial score (nSPS) is 42.4. The van der Waals surface area contributed by atoms with Crippen molar-refractivity contribution in [1.82, 2.24) is 4.90 Å². The lowest BCUT2D eigenvalue weighted by atomic mass is 9.79. The third-order valence-electron chi connectivity index (χ3n) is 8.61. The first-order valence-corrected chi connectivity index (χ1v) is 14.9. The zero-order valence-electron chi connectivity index (χ0n) is 26.0. The SMILES string of the molecule is CC[C@H]1OC(=O)C[C@@H](O)[C@H](C)[C@@H](O[C@@H]2O[C@H](C)[C@@H](O)[C@H](N(C)C)[C@H]2O)C(CCO)C[C@@H](C)C(=O)/C=C/C(C)=C/[C@@H]1C. The summed E-state index contributed by atoms with van der Waals surface area (Å²) in [6.07, 6.45) is -0.144. The zero-order valence-corrected chi connectivity index (χ0v) is 26.0. The Morgan fingerprint density at radius 3 is 2.29 bits per heavy atom. The zero-order chi connectivity index (χ0) is 31.0. The van der Waals surface area contributed by atoms with E-state index >= 15 is 0 Å². The molecule has 12 atom stereocenters. The molecule has 2 aliphatic heterocycles. The predicted octanol–water partition coefficient (Wildman–Crippen LogP) is 2.22. The summed E-state index contributed by atoms with van der Waals surface area (Å²) >= 11 is 0. The van der Waals surface area contributed by atoms with Crippen LogP contribution in [0.15, 0.2) is 23.8 Å². The van der Waals surface area contributed by atoms with Gasteiger partial charge in [-0.3, -0.25) is 9.59 Å². The van der Waals surface area contributed by atoms with Crippen LogP contribution in [-0.2, 0) is 23.8 Å². The topological polar surface area (TPSA) is 146 Å². The van der Waals surface area contributed by atoms with Gasteiger partial charge in [-0.25, -0.2) is 0 Å². The van der Waals surface area contributed by atoms with Crippen LogP contribution in [0.3, 0.4) is 0 Å². The van der Waals surface area contributed by atoms with Gasteiger partial charge in [0, 0.05) is 24.4 Å². The van der Waals surface area contributed by atoms with Gasteiger partial charge in [0.2, 0.25) is 0 Å². The van der Waals surface area contributed by atoms with Crippen LogP contribution in [0.4, 0.5) is 0 Å². The van der Waals surface area contributed by atoms with E-state index in [-0.39, 0.29) is 31.1 Å². The summed E-state index contributed by atoms with van der Waals surface area (Å²) in [7, 11) is 3.49. The average molecular weight is 584 g/mol. The molecule has 0 saturated carbocycles. The Bertz CT molecular complexity index is 906. The highest BCUT2D eigenvalue weighted by Gasteiger charge is 2.47. The first-order valence-electron chi connectivity index (χ1n) is 14.9. The van der Waals surface area contributed by atoms with E-state index < -0.39 is 72.7 Å². The molecule has 0 amide bonds. The van der Waals surface area contributed by atoms with Crippen molar-refractivity contribution in [2.45, 2.75) is 116 Å². The van der Waals surface area contributed by atoms with E-state index in [2.05, 4.69) is 0 Å². The quantitative estimate of drug-likeness (QED) is 0.343. The number of rotatable bonds is 6. The molecule has 0 aliphatic carbocycles. The molecule has 10 nitrogen and oxygen atoms in total. The van der Waals surface area contributed by atoms with Crippen molar-refractivity contribution in [3.05, 3.63) is 23.8 Å². The fraction of sp³-hybridized carbons (Fsp3) is 0.806. The van der Waals surface area contributed by atoms with Crippen LogP contribution < -0.4 is 0 Å². The second-order valence-corrected chi connectivity index (χ2v) is 12.2. The molecule has 0 bridgehead atoms. The number of esters is 1. The molecule has 2 heterocycles. The largest absolute Gasteiger partial charge is 0.462 e. The van der Waals surface area contributed by atoms with Crippen LogP contribution in [0.5, 0.6) is 0 Å². The maximum Gasteiger partial charge on any atom is 0.308 e. The lowest BCUT2D eigenvalue weighted by molar-refractivity contribution is -0.304. The predicted molar refractivity (Wildman–Crippen MR) is 155 cm³/mol. The molecule has 0 spiro atoms. The minimum Gasteiger partial charge on any atom is -0.462 e. The number of nitrogens with zero attached hydrogens (tertiary/aromatic N) is 1. The molecular formula is C31H53NO9. The van der Waals surface area contributed by atoms with Gasteiger partial charge in [-0.1, -0.05) is 45.4 Å². The molecular weight excluding hydrogens is 530 g/mol. The molecule has 1 unspecified atom stereocenters. The van der Waals surface area contributed by atoms with Gasteiger partial charge in [-0.05, 0) is 59.2 Å². The van der Waals surface area contributed by atoms with Crippen LogP contribution in [0.25, 0.3) is 0 Å². The number of cyclic esters (lactones) is 1. The first kappa shape index (κ1) is 35.5. The second kappa shape index (κ2) is 16.3. The fourth-order valence-corrected chi connectivity index (χ4v) is 6.02. The second-order valence-electron chi connectivity index (χ2n) is 12.2. The number of aliphatic hydroxyl groups is 4. The summed E-state index contributed by atoms with van der Waals surface area (Å²) in [5.74, 6) is -2.20. The van der Waals surface area contributed by atoms with Crippen molar-refractivity contribution in [2.75, 3.05) is 20.7 Å². The maximum atomic E-state index is 13.1. The van der Waals surface area contributed by atoms with Crippen molar-refractivity contribution in [3.8, 4) is 0 Å². The van der Waals surface area contributed by atoms with Crippen molar-refractivity contribution in [3.63, 3.8) is 0 Å². The van der Waals surface area contributed by atoms with Gasteiger partial charge >= 0.3 is 5.97 Å². The Hall–Kier alpha value is -1.66. The van der Waals surface area contributed by atoms with Crippen LogP contribution in [0, 0.1) is 23.7 Å². The lowest BCUT2D eigenvalue weighted by Crippen LogP contribution is -2.63. The summed E-state index contributed by atoms with van der Waals surface area (Å²) in [6, 6.07) is -0.670. The molecule has 0 aromatic carbocycles. The van der Waals surface area contributed by atoms with Gasteiger partial charge in [0.25, 0.3) is 0 Å². The van der Waals surface area contributed by atoms with Crippen LogP contribution in [-0.4, -0.2) is 107 Å². The Kier molecular flexibility index (Phi) is 14.1. The van der Waals surface area contributed by atoms with E-state index in [0.29, 0.717) is 12.8 Å². The Morgan fingerprint density at radius 2 is 1.71 bits per heavy atom. The van der Waals surface area contributed by atoms with E-state index in [9.17, 15) is 30.0 Å². The van der Waals surface area contributed by atoms with Gasteiger partial charge < -0.3 is 39.5 Å². The Balaban J connectivity index is 2.49. The number of ketones is 1. The number of allylic oxidation sites excluding steroid dienone is 3. The summed E-state index contributed by atoms with van der Waals surface area (Å²) in [4.78, 5) is 27.7. The van der Waals surface area contributed by atoms with Gasteiger partial charge in [0.15, 0.2) is 12.1 Å². The molecule has 2 rings (SSSR count). The smallest absolute Gasteiger partial charge is 0.308 e. The van der Waals surface area contributed by atoms with E-state index in [0.717, 1.165) is 5.57 Å². The molecule has 41 heavy (non-hydrogen) atoms. The van der Waals surface area contributed by atoms with Gasteiger partial charge in [-0.2, -0.15) is 0 Å². The van der Waals surface area contributed by atoms with Crippen molar-refractivity contribution < 1.29 is 44.2 Å². The van der Waals surface area contributed by atoms with Gasteiger partial charge in [0.05, 0.1) is 36.9 Å². The van der Waals surface area contributed by atoms with E-state index in [1.807, 2.05) is 33.8 Å². The molecule has 4 N–H and O–H groups in total. The van der Waals surface area contributed by atoms with E-state index in [4.69, 9.17) is 14.2 Å². The highest BCUT2D eigenvalue weighted by molar-refractivity contribution is 5.91. The van der Waals surface area contributed by atoms with Crippen LogP contribution in [0.1, 0.15) is 67.2 Å². The monoisotopic (exact) mass is 583 g/mol. The van der Waals surface area contributed by atoms with E-state index in [1.165, 1.54) is 0 Å². The number of hydrogen-bond acceptors (Lipinski definition) is 10. The molecule has 0 aromatic rings. The molecule has 1 fully saturated rings. The maximum absolute atomic E-state index is 13.1. The molecule has 0 radical (unpaired) electrons. The lowest BCUT2D eigenvalue weighted by Gasteiger charge is -2.46. The number of aliphatic hydroxyl groups excluding tert-OH is 4. The highest BCUT2D eigenvalue weighted by atomic mass is 16.7. The first-order chi connectivity index (χ1) is 19.2. The Morgan fingerprint density at radius 1 is 1.05 bits per heavy atom. The number of carbonyl (C=O) groups excluding carboxylic acids is 2. The number of likely N-dealkylation sites (N-methyl/N-ethyl adjacent to an activating group) is 1. The van der Waals surface area contributed by atoms with Crippen LogP contribution in [0.2, 0.25) is 0 Å². The third kappa shape index (κ3) is 9.68. The van der Waals surface area contributed by atoms with Gasteiger partial charge in [0.1, 0.15) is 12.2 Å². The van der Waals surface area contributed by atoms with Crippen molar-refractivity contribution in [1.29, 1.82) is 0 Å². The third-order valence-corrected chi connectivity index (χ3v) is 8.61. The summed E-state index contributed by atoms with van der Waals surface area (Å²) < 4.78 is 18.1. The van der Waals surface area contributed by atoms with Crippen molar-refractivity contribution in [2.24, 2.45) is 23.7 Å². The number of hydrogen-bond donors (Lipinski definition) is 4. The number of ether oxygens (including phenoxy) is 3. The summed E-state index contributed by atoms with van der Waals surface area (Å²) in [6.45, 7) is 10.8. The van der Waals surface area contributed by atoms with Crippen LogP contribution >= 0.6 is 0 Å². The standard InChI is InChI=1S/C31H53NO9/c1-9-25-19(4)14-17(2)10-11-23(34)18(3)15-22(12-13-33)30(20(5)24(35)16-26(36)40-25)41-31-29(38)27(32(7)8)28(37)21(6)39-31/h10-11,14,18-22,24-25,27-31,33,35,37-38H,9,12-13,15-16H2,1-8H3/b11-10+,17-14+/t18-,19+,20+,21-,22?,24-,25-,27+,28-,29-,30-,31+/m1/s1. The summed E-state index contributed by atoms with van der Waals surface area (Å²) in [5, 5.41) is 43.0. The highest BCUT2D eigenvalue weighted by Crippen LogP contribution is 2.34.